The number of cyclic esters (lactones) is 1. The second kappa shape index (κ2) is 10.6. The summed E-state index contributed by atoms with van der Waals surface area (Å²) in [7, 11) is 0. The minimum absolute atomic E-state index is 0.0235. The summed E-state index contributed by atoms with van der Waals surface area (Å²) in [6.07, 6.45) is -0.986. The van der Waals surface area contributed by atoms with E-state index in [0.717, 1.165) is 27.8 Å². The first-order valence-corrected chi connectivity index (χ1v) is 12.7. The number of aromatic hydroxyl groups is 2. The SMILES string of the molecule is Cc1ccc(C(O)CCC2OC(=O)N(c3ccc(C)cc3)C2c2ccc(-c3cccc(O)c3)cc2O)cc1. The number of carbonyl (C=O) groups excluding carboxylic acids is 1. The lowest BCUT2D eigenvalue weighted by atomic mass is 9.92. The van der Waals surface area contributed by atoms with Gasteiger partial charge in [0.05, 0.1) is 6.10 Å². The molecule has 1 amide bonds. The summed E-state index contributed by atoms with van der Waals surface area (Å²) in [5, 5.41) is 31.9. The first-order valence-electron chi connectivity index (χ1n) is 12.7. The van der Waals surface area contributed by atoms with E-state index < -0.39 is 24.3 Å². The molecule has 0 bridgehead atoms. The molecule has 0 radical (unpaired) electrons. The highest BCUT2D eigenvalue weighted by atomic mass is 16.6. The van der Waals surface area contributed by atoms with Gasteiger partial charge in [-0.15, -0.1) is 0 Å². The van der Waals surface area contributed by atoms with Crippen molar-refractivity contribution in [3.63, 3.8) is 0 Å². The number of ether oxygens (including phenoxy) is 1. The van der Waals surface area contributed by atoms with Crippen LogP contribution in [0.2, 0.25) is 0 Å². The highest BCUT2D eigenvalue weighted by Crippen LogP contribution is 2.44. The predicted molar refractivity (Wildman–Crippen MR) is 147 cm³/mol. The maximum atomic E-state index is 13.2. The maximum Gasteiger partial charge on any atom is 0.415 e. The zero-order valence-electron chi connectivity index (χ0n) is 21.4. The summed E-state index contributed by atoms with van der Waals surface area (Å²) < 4.78 is 5.85. The number of benzene rings is 4. The average Bonchev–Trinajstić information content (AvgIpc) is 3.23. The van der Waals surface area contributed by atoms with Gasteiger partial charge in [0.15, 0.2) is 0 Å². The molecule has 3 unspecified atom stereocenters. The number of aryl methyl sites for hydroxylation is 2. The molecule has 0 aliphatic carbocycles. The molecule has 1 fully saturated rings. The number of carbonyl (C=O) groups is 1. The van der Waals surface area contributed by atoms with E-state index >= 15 is 0 Å². The van der Waals surface area contributed by atoms with E-state index in [9.17, 15) is 20.1 Å². The number of phenols is 2. The van der Waals surface area contributed by atoms with Crippen LogP contribution < -0.4 is 4.90 Å². The third-order valence-corrected chi connectivity index (χ3v) is 7.11. The third-order valence-electron chi connectivity index (χ3n) is 7.11. The summed E-state index contributed by atoms with van der Waals surface area (Å²) in [6, 6.07) is 26.8. The van der Waals surface area contributed by atoms with Crippen LogP contribution in [0.4, 0.5) is 10.5 Å². The molecule has 194 valence electrons. The lowest BCUT2D eigenvalue weighted by Crippen LogP contribution is -2.29. The van der Waals surface area contributed by atoms with Crippen molar-refractivity contribution in [3.05, 3.63) is 113 Å². The van der Waals surface area contributed by atoms with Crippen LogP contribution in [0.25, 0.3) is 11.1 Å². The van der Waals surface area contributed by atoms with Gasteiger partial charge in [0.1, 0.15) is 23.6 Å². The van der Waals surface area contributed by atoms with Crippen LogP contribution >= 0.6 is 0 Å². The van der Waals surface area contributed by atoms with Crippen molar-refractivity contribution in [2.75, 3.05) is 4.90 Å². The van der Waals surface area contributed by atoms with Gasteiger partial charge in [0.25, 0.3) is 0 Å². The van der Waals surface area contributed by atoms with Crippen molar-refractivity contribution >= 4 is 11.8 Å². The monoisotopic (exact) mass is 509 g/mol. The van der Waals surface area contributed by atoms with E-state index in [1.165, 1.54) is 0 Å². The Balaban J connectivity index is 1.47. The van der Waals surface area contributed by atoms with Gasteiger partial charge in [-0.2, -0.15) is 0 Å². The molecule has 6 heteroatoms. The predicted octanol–water partition coefficient (Wildman–Crippen LogP) is 6.96. The molecule has 1 heterocycles. The smallest absolute Gasteiger partial charge is 0.415 e. The lowest BCUT2D eigenvalue weighted by Gasteiger charge is -2.26. The lowest BCUT2D eigenvalue weighted by molar-refractivity contribution is 0.100. The quantitative estimate of drug-likeness (QED) is 0.250. The van der Waals surface area contributed by atoms with Crippen LogP contribution in [-0.2, 0) is 4.74 Å². The molecule has 3 N–H and O–H groups in total. The highest BCUT2D eigenvalue weighted by Gasteiger charge is 2.44. The van der Waals surface area contributed by atoms with Crippen LogP contribution in [0.1, 0.15) is 47.2 Å². The second-order valence-electron chi connectivity index (χ2n) is 9.90. The number of anilines is 1. The van der Waals surface area contributed by atoms with Crippen molar-refractivity contribution in [3.8, 4) is 22.6 Å². The van der Waals surface area contributed by atoms with Crippen LogP contribution in [0, 0.1) is 13.8 Å². The Hall–Kier alpha value is -4.29. The van der Waals surface area contributed by atoms with Gasteiger partial charge in [-0.3, -0.25) is 4.90 Å². The van der Waals surface area contributed by atoms with E-state index in [0.29, 0.717) is 24.1 Å². The van der Waals surface area contributed by atoms with Crippen LogP contribution in [0.15, 0.2) is 91.0 Å². The molecule has 0 saturated carbocycles. The molecule has 0 spiro atoms. The molecule has 1 saturated heterocycles. The number of amides is 1. The number of aliphatic hydroxyl groups excluding tert-OH is 1. The topological polar surface area (TPSA) is 90.2 Å². The molecule has 38 heavy (non-hydrogen) atoms. The number of rotatable bonds is 7. The van der Waals surface area contributed by atoms with Gasteiger partial charge in [-0.25, -0.2) is 4.79 Å². The highest BCUT2D eigenvalue weighted by molar-refractivity contribution is 5.91. The number of aliphatic hydroxyl groups is 1. The summed E-state index contributed by atoms with van der Waals surface area (Å²) in [4.78, 5) is 14.7. The van der Waals surface area contributed by atoms with Crippen molar-refractivity contribution in [2.45, 2.75) is 44.9 Å². The van der Waals surface area contributed by atoms with Crippen molar-refractivity contribution in [2.24, 2.45) is 0 Å². The van der Waals surface area contributed by atoms with E-state index in [1.807, 2.05) is 74.5 Å². The number of nitrogens with zero attached hydrogens (tertiary/aromatic N) is 1. The average molecular weight is 510 g/mol. The maximum absolute atomic E-state index is 13.2. The van der Waals surface area contributed by atoms with Crippen molar-refractivity contribution < 1.29 is 24.9 Å². The fourth-order valence-corrected chi connectivity index (χ4v) is 4.99. The van der Waals surface area contributed by atoms with Crippen LogP contribution in [-0.4, -0.2) is 27.5 Å². The van der Waals surface area contributed by atoms with Gasteiger partial charge < -0.3 is 20.1 Å². The summed E-state index contributed by atoms with van der Waals surface area (Å²) in [5.41, 5.74) is 5.71. The Morgan fingerprint density at radius 2 is 1.50 bits per heavy atom. The van der Waals surface area contributed by atoms with Gasteiger partial charge in [-0.1, -0.05) is 71.8 Å². The van der Waals surface area contributed by atoms with Gasteiger partial charge in [0, 0.05) is 11.3 Å². The summed E-state index contributed by atoms with van der Waals surface area (Å²) >= 11 is 0. The Bertz CT molecular complexity index is 1430. The Morgan fingerprint density at radius 3 is 2.16 bits per heavy atom. The van der Waals surface area contributed by atoms with Gasteiger partial charge >= 0.3 is 6.09 Å². The van der Waals surface area contributed by atoms with E-state index in [2.05, 4.69) is 0 Å². The molecule has 6 nitrogen and oxygen atoms in total. The molecule has 4 aromatic carbocycles. The molecular weight excluding hydrogens is 478 g/mol. The number of hydrogen-bond donors (Lipinski definition) is 3. The third kappa shape index (κ3) is 5.22. The zero-order valence-corrected chi connectivity index (χ0v) is 21.4. The molecule has 5 rings (SSSR count). The Kier molecular flexibility index (Phi) is 7.07. The second-order valence-corrected chi connectivity index (χ2v) is 9.90. The minimum Gasteiger partial charge on any atom is -0.508 e. The molecule has 3 atom stereocenters. The van der Waals surface area contributed by atoms with E-state index in [1.54, 1.807) is 35.2 Å². The molecule has 0 aromatic heterocycles. The number of phenolic OH excluding ortho intramolecular Hbond substituents is 2. The van der Waals surface area contributed by atoms with E-state index in [4.69, 9.17) is 4.74 Å². The Labute approximate surface area is 222 Å². The van der Waals surface area contributed by atoms with Gasteiger partial charge in [0.2, 0.25) is 0 Å². The fourth-order valence-electron chi connectivity index (χ4n) is 4.99. The minimum atomic E-state index is -0.704. The Morgan fingerprint density at radius 1 is 0.842 bits per heavy atom. The molecular formula is C32H31NO5. The molecule has 4 aromatic rings. The normalized spacial score (nSPS) is 17.9. The zero-order chi connectivity index (χ0) is 26.8. The standard InChI is InChI=1S/C32H31NO5/c1-20-6-10-22(11-7-20)28(35)16-17-30-31(33(32(37)38-30)25-13-8-21(2)9-14-25)27-15-12-24(19-29(27)36)23-4-3-5-26(34)18-23/h3-15,18-19,28,30-31,34-36H,16-17H2,1-2H3. The van der Waals surface area contributed by atoms with Crippen LogP contribution in [0.3, 0.4) is 0 Å². The first-order chi connectivity index (χ1) is 18.3. The van der Waals surface area contributed by atoms with Crippen LogP contribution in [0.5, 0.6) is 11.5 Å². The summed E-state index contributed by atoms with van der Waals surface area (Å²) in [6.45, 7) is 3.97. The molecule has 1 aliphatic heterocycles. The van der Waals surface area contributed by atoms with E-state index in [-0.39, 0.29) is 11.5 Å². The van der Waals surface area contributed by atoms with Crippen molar-refractivity contribution in [1.82, 2.24) is 0 Å². The molecule has 1 aliphatic rings. The number of hydrogen-bond acceptors (Lipinski definition) is 5. The first kappa shape index (κ1) is 25.4. The summed E-state index contributed by atoms with van der Waals surface area (Å²) in [5.74, 6) is 0.161. The fraction of sp³-hybridized carbons (Fsp3) is 0.219. The van der Waals surface area contributed by atoms with Gasteiger partial charge in [-0.05, 0) is 73.7 Å². The largest absolute Gasteiger partial charge is 0.508 e. The van der Waals surface area contributed by atoms with Crippen molar-refractivity contribution in [1.29, 1.82) is 0 Å².